The summed E-state index contributed by atoms with van der Waals surface area (Å²) in [6.45, 7) is 4.04. The Hall–Kier alpha value is -1.43. The van der Waals surface area contributed by atoms with Crippen molar-refractivity contribution in [3.8, 4) is 0 Å². The van der Waals surface area contributed by atoms with Crippen LogP contribution in [0.2, 0.25) is 0 Å². The van der Waals surface area contributed by atoms with E-state index in [4.69, 9.17) is 0 Å². The highest BCUT2D eigenvalue weighted by atomic mass is 32.2. The van der Waals surface area contributed by atoms with Crippen LogP contribution in [0.5, 0.6) is 0 Å². The first-order valence-corrected chi connectivity index (χ1v) is 10.2. The molecule has 2 saturated heterocycles. The Morgan fingerprint density at radius 3 is 2.92 bits per heavy atom. The van der Waals surface area contributed by atoms with Gasteiger partial charge in [-0.1, -0.05) is 0 Å². The van der Waals surface area contributed by atoms with Gasteiger partial charge in [0.2, 0.25) is 0 Å². The van der Waals surface area contributed by atoms with Crippen LogP contribution < -0.4 is 15.5 Å². The molecule has 0 aromatic carbocycles. The summed E-state index contributed by atoms with van der Waals surface area (Å²) in [7, 11) is 1.84. The molecule has 0 amide bonds. The fourth-order valence-electron chi connectivity index (χ4n) is 3.29. The smallest absolute Gasteiger partial charge is 0.191 e. The second-order valence-corrected chi connectivity index (χ2v) is 7.92. The van der Waals surface area contributed by atoms with Gasteiger partial charge in [0.05, 0.1) is 0 Å². The monoisotopic (exact) mass is 347 g/mol. The van der Waals surface area contributed by atoms with Crippen molar-refractivity contribution in [2.75, 3.05) is 37.3 Å². The van der Waals surface area contributed by atoms with Gasteiger partial charge in [-0.3, -0.25) is 4.99 Å². The number of thioether (sulfide) groups is 1. The van der Waals surface area contributed by atoms with Gasteiger partial charge in [-0.15, -0.1) is 0 Å². The molecule has 1 atom stereocenters. The fraction of sp³-hybridized carbons (Fsp3) is 0.667. The second-order valence-electron chi connectivity index (χ2n) is 6.51. The highest BCUT2D eigenvalue weighted by Crippen LogP contribution is 2.25. The Balaban J connectivity index is 1.49. The van der Waals surface area contributed by atoms with Gasteiger partial charge in [-0.25, -0.2) is 4.98 Å². The average Bonchev–Trinajstić information content (AvgIpc) is 3.16. The maximum atomic E-state index is 4.55. The Morgan fingerprint density at radius 1 is 1.29 bits per heavy atom. The predicted octanol–water partition coefficient (Wildman–Crippen LogP) is 2.63. The summed E-state index contributed by atoms with van der Waals surface area (Å²) in [5.41, 5.74) is 1.25. The number of anilines is 1. The number of pyridine rings is 1. The molecule has 0 aliphatic carbocycles. The van der Waals surface area contributed by atoms with Gasteiger partial charge in [-0.05, 0) is 55.6 Å². The largest absolute Gasteiger partial charge is 0.357 e. The zero-order valence-electron chi connectivity index (χ0n) is 14.6. The third-order valence-electron chi connectivity index (χ3n) is 4.69. The number of aromatic nitrogens is 1. The summed E-state index contributed by atoms with van der Waals surface area (Å²) in [5.74, 6) is 3.30. The van der Waals surface area contributed by atoms with Crippen LogP contribution in [-0.4, -0.2) is 48.6 Å². The van der Waals surface area contributed by atoms with E-state index in [1.807, 2.05) is 13.2 Å². The Morgan fingerprint density at radius 2 is 2.17 bits per heavy atom. The van der Waals surface area contributed by atoms with Gasteiger partial charge in [0, 0.05) is 44.7 Å². The third-order valence-corrected chi connectivity index (χ3v) is 6.09. The van der Waals surface area contributed by atoms with Crippen molar-refractivity contribution in [1.29, 1.82) is 0 Å². The normalized spacial score (nSPS) is 21.8. The lowest BCUT2D eigenvalue weighted by Crippen LogP contribution is -2.39. The van der Waals surface area contributed by atoms with E-state index in [2.05, 4.69) is 49.4 Å². The second kappa shape index (κ2) is 9.16. The van der Waals surface area contributed by atoms with Crippen LogP contribution in [0.15, 0.2) is 23.3 Å². The first-order valence-electron chi connectivity index (χ1n) is 9.11. The Labute approximate surface area is 149 Å². The average molecular weight is 348 g/mol. The van der Waals surface area contributed by atoms with E-state index < -0.39 is 0 Å². The van der Waals surface area contributed by atoms with E-state index in [9.17, 15) is 0 Å². The summed E-state index contributed by atoms with van der Waals surface area (Å²) in [6, 6.07) is 4.29. The topological polar surface area (TPSA) is 52.6 Å². The zero-order valence-corrected chi connectivity index (χ0v) is 15.4. The maximum Gasteiger partial charge on any atom is 0.191 e. The summed E-state index contributed by atoms with van der Waals surface area (Å²) in [4.78, 5) is 11.3. The number of guanidine groups is 1. The molecule has 0 saturated carbocycles. The molecular weight excluding hydrogens is 318 g/mol. The molecule has 0 bridgehead atoms. The third kappa shape index (κ3) is 5.03. The molecule has 5 nitrogen and oxygen atoms in total. The molecule has 24 heavy (non-hydrogen) atoms. The van der Waals surface area contributed by atoms with Gasteiger partial charge < -0.3 is 15.5 Å². The zero-order chi connectivity index (χ0) is 16.6. The van der Waals surface area contributed by atoms with Crippen LogP contribution in [-0.2, 0) is 6.54 Å². The lowest BCUT2D eigenvalue weighted by Gasteiger charge is -2.28. The van der Waals surface area contributed by atoms with Crippen molar-refractivity contribution >= 4 is 23.5 Å². The standard InChI is InChI=1S/C18H29N5S/c1-19-18(22-14-16-6-5-11-24-16)21-13-15-7-8-20-17(12-15)23-9-3-2-4-10-23/h7-8,12,16H,2-6,9-11,13-14H2,1H3,(H2,19,21,22). The van der Waals surface area contributed by atoms with E-state index >= 15 is 0 Å². The van der Waals surface area contributed by atoms with Gasteiger partial charge >= 0.3 is 0 Å². The van der Waals surface area contributed by atoms with Gasteiger partial charge in [0.15, 0.2) is 5.96 Å². The van der Waals surface area contributed by atoms with Crippen LogP contribution in [0.3, 0.4) is 0 Å². The highest BCUT2D eigenvalue weighted by molar-refractivity contribution is 8.00. The number of hydrogen-bond donors (Lipinski definition) is 2. The molecule has 2 N–H and O–H groups in total. The van der Waals surface area contributed by atoms with Gasteiger partial charge in [0.1, 0.15) is 5.82 Å². The SMILES string of the molecule is CN=C(NCc1ccnc(N2CCCCC2)c1)NCC1CCCS1. The van der Waals surface area contributed by atoms with Crippen molar-refractivity contribution in [1.82, 2.24) is 15.6 Å². The van der Waals surface area contributed by atoms with E-state index in [-0.39, 0.29) is 0 Å². The minimum Gasteiger partial charge on any atom is -0.357 e. The van der Waals surface area contributed by atoms with Crippen molar-refractivity contribution in [2.24, 2.45) is 4.99 Å². The number of aliphatic imine (C=N–C) groups is 1. The van der Waals surface area contributed by atoms with Crippen molar-refractivity contribution < 1.29 is 0 Å². The van der Waals surface area contributed by atoms with Crippen LogP contribution in [0.25, 0.3) is 0 Å². The lowest BCUT2D eigenvalue weighted by atomic mass is 10.1. The first-order chi connectivity index (χ1) is 11.8. The number of piperidine rings is 1. The molecule has 1 aromatic rings. The maximum absolute atomic E-state index is 4.55. The minimum atomic E-state index is 0.732. The molecule has 3 rings (SSSR count). The molecule has 6 heteroatoms. The van der Waals surface area contributed by atoms with Crippen molar-refractivity contribution in [2.45, 2.75) is 43.9 Å². The van der Waals surface area contributed by atoms with Crippen LogP contribution >= 0.6 is 11.8 Å². The van der Waals surface area contributed by atoms with E-state index in [0.717, 1.165) is 43.2 Å². The number of nitrogens with one attached hydrogen (secondary N) is 2. The summed E-state index contributed by atoms with van der Waals surface area (Å²) < 4.78 is 0. The number of rotatable bonds is 5. The predicted molar refractivity (Wildman–Crippen MR) is 104 cm³/mol. The molecular formula is C18H29N5S. The van der Waals surface area contributed by atoms with Crippen molar-refractivity contribution in [3.05, 3.63) is 23.9 Å². The minimum absolute atomic E-state index is 0.732. The number of hydrogen-bond acceptors (Lipinski definition) is 4. The van der Waals surface area contributed by atoms with Crippen molar-refractivity contribution in [3.63, 3.8) is 0 Å². The molecule has 2 aliphatic rings. The number of nitrogens with zero attached hydrogens (tertiary/aromatic N) is 3. The van der Waals surface area contributed by atoms with Gasteiger partial charge in [-0.2, -0.15) is 11.8 Å². The van der Waals surface area contributed by atoms with Gasteiger partial charge in [0.25, 0.3) is 0 Å². The van der Waals surface area contributed by atoms with E-state index in [1.165, 1.54) is 43.4 Å². The molecule has 132 valence electrons. The molecule has 0 spiro atoms. The Bertz CT molecular complexity index is 536. The molecule has 1 unspecified atom stereocenters. The quantitative estimate of drug-likeness (QED) is 0.633. The highest BCUT2D eigenvalue weighted by Gasteiger charge is 2.16. The Kier molecular flexibility index (Phi) is 6.64. The molecule has 2 fully saturated rings. The molecule has 0 radical (unpaired) electrons. The summed E-state index contributed by atoms with van der Waals surface area (Å²) >= 11 is 2.07. The molecule has 1 aromatic heterocycles. The van der Waals surface area contributed by atoms with Crippen LogP contribution in [0.4, 0.5) is 5.82 Å². The first kappa shape index (κ1) is 17.4. The molecule has 3 heterocycles. The van der Waals surface area contributed by atoms with E-state index in [1.54, 1.807) is 0 Å². The summed E-state index contributed by atoms with van der Waals surface area (Å²) in [5, 5.41) is 7.61. The lowest BCUT2D eigenvalue weighted by molar-refractivity contribution is 0.573. The summed E-state index contributed by atoms with van der Waals surface area (Å²) in [6.07, 6.45) is 8.49. The van der Waals surface area contributed by atoms with Crippen LogP contribution in [0.1, 0.15) is 37.7 Å². The fourth-order valence-corrected chi connectivity index (χ4v) is 4.49. The molecule has 2 aliphatic heterocycles. The van der Waals surface area contributed by atoms with Crippen LogP contribution in [0, 0.1) is 0 Å². The van der Waals surface area contributed by atoms with E-state index in [0.29, 0.717) is 0 Å².